The van der Waals surface area contributed by atoms with E-state index in [2.05, 4.69) is 10.1 Å². The van der Waals surface area contributed by atoms with Crippen LogP contribution >= 0.6 is 0 Å². The van der Waals surface area contributed by atoms with Gasteiger partial charge < -0.3 is 4.52 Å². The molecular formula is C19H19N3O3. The topological polar surface area (TPSA) is 82.1 Å². The molecule has 0 N–H and O–H groups in total. The lowest BCUT2D eigenvalue weighted by atomic mass is 9.88. The standard InChI is InChI=1S/C19H19N3O3/c1-13-7-6-10-20-17(13)11-16(15-8-4-3-5-9-15)12-18-19(22(23)24)14(2)21-25-18/h3-10,16H,11-12H2,1-2H3. The number of rotatable bonds is 6. The minimum Gasteiger partial charge on any atom is -0.354 e. The van der Waals surface area contributed by atoms with Gasteiger partial charge >= 0.3 is 5.69 Å². The molecule has 3 rings (SSSR count). The number of nitrogens with zero attached hydrogens (tertiary/aromatic N) is 3. The van der Waals surface area contributed by atoms with Crippen molar-refractivity contribution in [2.75, 3.05) is 0 Å². The molecule has 0 bridgehead atoms. The van der Waals surface area contributed by atoms with Crippen LogP contribution in [0.25, 0.3) is 0 Å². The van der Waals surface area contributed by atoms with E-state index in [0.29, 0.717) is 24.3 Å². The Hall–Kier alpha value is -3.02. The van der Waals surface area contributed by atoms with Gasteiger partial charge in [-0.05, 0) is 43.4 Å². The summed E-state index contributed by atoms with van der Waals surface area (Å²) in [7, 11) is 0. The summed E-state index contributed by atoms with van der Waals surface area (Å²) in [5.74, 6) is 0.325. The smallest absolute Gasteiger partial charge is 0.334 e. The van der Waals surface area contributed by atoms with Crippen molar-refractivity contribution in [1.29, 1.82) is 0 Å². The molecule has 2 heterocycles. The zero-order valence-corrected chi connectivity index (χ0v) is 14.2. The number of hydrogen-bond acceptors (Lipinski definition) is 5. The maximum absolute atomic E-state index is 11.3. The second-order valence-electron chi connectivity index (χ2n) is 6.08. The molecule has 0 aliphatic rings. The van der Waals surface area contributed by atoms with Gasteiger partial charge in [-0.25, -0.2) is 0 Å². The molecule has 6 heteroatoms. The molecule has 1 atom stereocenters. The minimum absolute atomic E-state index is 0.0147. The number of benzene rings is 1. The van der Waals surface area contributed by atoms with Crippen LogP contribution in [-0.2, 0) is 12.8 Å². The van der Waals surface area contributed by atoms with Crippen molar-refractivity contribution in [3.63, 3.8) is 0 Å². The van der Waals surface area contributed by atoms with E-state index in [1.165, 1.54) is 0 Å². The number of aromatic nitrogens is 2. The quantitative estimate of drug-likeness (QED) is 0.498. The summed E-state index contributed by atoms with van der Waals surface area (Å²) < 4.78 is 5.26. The molecule has 0 saturated heterocycles. The highest BCUT2D eigenvalue weighted by Gasteiger charge is 2.27. The highest BCUT2D eigenvalue weighted by Crippen LogP contribution is 2.31. The highest BCUT2D eigenvalue weighted by atomic mass is 16.6. The lowest BCUT2D eigenvalue weighted by Gasteiger charge is -2.16. The largest absolute Gasteiger partial charge is 0.354 e. The van der Waals surface area contributed by atoms with Crippen LogP contribution in [0.5, 0.6) is 0 Å². The second-order valence-corrected chi connectivity index (χ2v) is 6.08. The van der Waals surface area contributed by atoms with Crippen LogP contribution in [0.1, 0.15) is 34.2 Å². The lowest BCUT2D eigenvalue weighted by Crippen LogP contribution is -2.09. The predicted octanol–water partition coefficient (Wildman–Crippen LogP) is 4.16. The van der Waals surface area contributed by atoms with Crippen LogP contribution in [-0.4, -0.2) is 15.1 Å². The van der Waals surface area contributed by atoms with E-state index in [1.807, 2.05) is 49.4 Å². The Bertz CT molecular complexity index is 875. The van der Waals surface area contributed by atoms with Crippen LogP contribution in [0.3, 0.4) is 0 Å². The number of hydrogen-bond donors (Lipinski definition) is 0. The maximum Gasteiger partial charge on any atom is 0.334 e. The molecule has 3 aromatic rings. The van der Waals surface area contributed by atoms with Crippen molar-refractivity contribution in [3.8, 4) is 0 Å². The number of nitro groups is 1. The summed E-state index contributed by atoms with van der Waals surface area (Å²) in [6.07, 6.45) is 2.84. The Morgan fingerprint density at radius 2 is 1.88 bits per heavy atom. The van der Waals surface area contributed by atoms with Gasteiger partial charge in [0.25, 0.3) is 0 Å². The van der Waals surface area contributed by atoms with Gasteiger partial charge in [0.1, 0.15) is 0 Å². The van der Waals surface area contributed by atoms with E-state index < -0.39 is 4.92 Å². The van der Waals surface area contributed by atoms with E-state index >= 15 is 0 Å². The highest BCUT2D eigenvalue weighted by molar-refractivity contribution is 5.39. The Morgan fingerprint density at radius 1 is 1.12 bits per heavy atom. The van der Waals surface area contributed by atoms with Crippen LogP contribution in [0.4, 0.5) is 5.69 Å². The fourth-order valence-corrected chi connectivity index (χ4v) is 3.00. The van der Waals surface area contributed by atoms with Gasteiger partial charge in [0, 0.05) is 18.3 Å². The van der Waals surface area contributed by atoms with Gasteiger partial charge in [0.15, 0.2) is 5.69 Å². The molecule has 0 spiro atoms. The predicted molar refractivity (Wildman–Crippen MR) is 93.5 cm³/mol. The molecule has 0 fully saturated rings. The molecule has 0 aliphatic heterocycles. The summed E-state index contributed by atoms with van der Waals surface area (Å²) in [6.45, 7) is 3.61. The summed E-state index contributed by atoms with van der Waals surface area (Å²) >= 11 is 0. The first-order valence-corrected chi connectivity index (χ1v) is 8.11. The molecular weight excluding hydrogens is 318 g/mol. The van der Waals surface area contributed by atoms with Crippen molar-refractivity contribution in [1.82, 2.24) is 10.1 Å². The lowest BCUT2D eigenvalue weighted by molar-refractivity contribution is -0.386. The summed E-state index contributed by atoms with van der Waals surface area (Å²) in [6, 6.07) is 13.9. The van der Waals surface area contributed by atoms with Gasteiger partial charge in [0.05, 0.1) is 4.92 Å². The molecule has 1 unspecified atom stereocenters. The average molecular weight is 337 g/mol. The Labute approximate surface area is 145 Å². The Morgan fingerprint density at radius 3 is 2.56 bits per heavy atom. The van der Waals surface area contributed by atoms with E-state index in [9.17, 15) is 10.1 Å². The third-order valence-corrected chi connectivity index (χ3v) is 4.34. The van der Waals surface area contributed by atoms with Crippen molar-refractivity contribution < 1.29 is 9.45 Å². The van der Waals surface area contributed by atoms with Crippen LogP contribution < -0.4 is 0 Å². The van der Waals surface area contributed by atoms with Crippen LogP contribution in [0.15, 0.2) is 53.2 Å². The zero-order valence-electron chi connectivity index (χ0n) is 14.2. The van der Waals surface area contributed by atoms with Gasteiger partial charge in [-0.15, -0.1) is 0 Å². The Kier molecular flexibility index (Phi) is 4.88. The van der Waals surface area contributed by atoms with E-state index in [1.54, 1.807) is 13.1 Å². The van der Waals surface area contributed by atoms with Gasteiger partial charge in [-0.1, -0.05) is 41.6 Å². The average Bonchev–Trinajstić information content (AvgIpc) is 2.97. The summed E-state index contributed by atoms with van der Waals surface area (Å²) in [5, 5.41) is 15.1. The minimum atomic E-state index is -0.421. The van der Waals surface area contributed by atoms with Crippen molar-refractivity contribution in [3.05, 3.63) is 87.1 Å². The number of aryl methyl sites for hydroxylation is 2. The van der Waals surface area contributed by atoms with Crippen LogP contribution in [0, 0.1) is 24.0 Å². The molecule has 25 heavy (non-hydrogen) atoms. The normalized spacial score (nSPS) is 12.1. The first-order chi connectivity index (χ1) is 12.1. The fourth-order valence-electron chi connectivity index (χ4n) is 3.00. The Balaban J connectivity index is 1.95. The third-order valence-electron chi connectivity index (χ3n) is 4.34. The SMILES string of the molecule is Cc1cccnc1CC(Cc1onc(C)c1[N+](=O)[O-])c1ccccc1. The molecule has 1 aromatic carbocycles. The monoisotopic (exact) mass is 337 g/mol. The van der Waals surface area contributed by atoms with Gasteiger partial charge in [-0.3, -0.25) is 15.1 Å². The molecule has 6 nitrogen and oxygen atoms in total. The second kappa shape index (κ2) is 7.25. The van der Waals surface area contributed by atoms with Crippen molar-refractivity contribution in [2.24, 2.45) is 0 Å². The molecule has 2 aromatic heterocycles. The molecule has 0 amide bonds. The van der Waals surface area contributed by atoms with E-state index in [0.717, 1.165) is 16.8 Å². The van der Waals surface area contributed by atoms with E-state index in [-0.39, 0.29) is 11.6 Å². The first-order valence-electron chi connectivity index (χ1n) is 8.11. The molecule has 0 saturated carbocycles. The van der Waals surface area contributed by atoms with Crippen LogP contribution in [0.2, 0.25) is 0 Å². The maximum atomic E-state index is 11.3. The molecule has 128 valence electrons. The van der Waals surface area contributed by atoms with Gasteiger partial charge in [-0.2, -0.15) is 0 Å². The summed E-state index contributed by atoms with van der Waals surface area (Å²) in [4.78, 5) is 15.4. The fraction of sp³-hybridized carbons (Fsp3) is 0.263. The zero-order chi connectivity index (χ0) is 17.8. The number of pyridine rings is 1. The third kappa shape index (κ3) is 3.74. The van der Waals surface area contributed by atoms with Crippen molar-refractivity contribution >= 4 is 5.69 Å². The molecule has 0 radical (unpaired) electrons. The van der Waals surface area contributed by atoms with E-state index in [4.69, 9.17) is 4.52 Å². The van der Waals surface area contributed by atoms with Gasteiger partial charge in [0.2, 0.25) is 5.76 Å². The van der Waals surface area contributed by atoms with Crippen molar-refractivity contribution in [2.45, 2.75) is 32.6 Å². The first kappa shape index (κ1) is 16.8. The summed E-state index contributed by atoms with van der Waals surface area (Å²) in [5.41, 5.74) is 3.46. The molecule has 0 aliphatic carbocycles.